The molecule has 3 rings (SSSR count). The first-order valence-corrected chi connectivity index (χ1v) is 13.6. The Kier molecular flexibility index (Phi) is 8.27. The molecule has 12 heteroatoms. The molecule has 1 amide bonds. The van der Waals surface area contributed by atoms with Crippen LogP contribution < -0.4 is 14.8 Å². The van der Waals surface area contributed by atoms with E-state index in [9.17, 15) is 23.3 Å². The van der Waals surface area contributed by atoms with Gasteiger partial charge in [-0.2, -0.15) is 9.78 Å². The molecule has 0 fully saturated rings. The molecular formula is C26H33N5O6S. The minimum atomic E-state index is -4.24. The van der Waals surface area contributed by atoms with Crippen LogP contribution in [0.15, 0.2) is 41.3 Å². The van der Waals surface area contributed by atoms with E-state index in [2.05, 4.69) is 15.1 Å². The predicted octanol–water partition coefficient (Wildman–Crippen LogP) is 4.71. The lowest BCUT2D eigenvalue weighted by molar-refractivity contribution is -0.385. The number of nitrogens with zero attached hydrogens (tertiary/aromatic N) is 3. The topological polar surface area (TPSA) is 145 Å². The Morgan fingerprint density at radius 2 is 1.82 bits per heavy atom. The fraction of sp³-hybridized carbons (Fsp3) is 0.385. The van der Waals surface area contributed by atoms with E-state index in [1.54, 1.807) is 27.7 Å². The number of aryl methyl sites for hydroxylation is 2. The van der Waals surface area contributed by atoms with Crippen molar-refractivity contribution in [3.05, 3.63) is 68.9 Å². The number of nitrogens with one attached hydrogen (secondary N) is 2. The molecule has 0 saturated carbocycles. The summed E-state index contributed by atoms with van der Waals surface area (Å²) in [4.78, 5) is 23.3. The maximum absolute atomic E-state index is 13.3. The van der Waals surface area contributed by atoms with Gasteiger partial charge in [0.05, 0.1) is 10.6 Å². The average molecular weight is 544 g/mol. The van der Waals surface area contributed by atoms with Crippen molar-refractivity contribution in [3.8, 4) is 17.3 Å². The molecule has 0 atom stereocenters. The van der Waals surface area contributed by atoms with Gasteiger partial charge in [0.25, 0.3) is 11.6 Å². The fourth-order valence-corrected chi connectivity index (χ4v) is 5.28. The zero-order valence-electron chi connectivity index (χ0n) is 22.6. The Morgan fingerprint density at radius 3 is 2.42 bits per heavy atom. The van der Waals surface area contributed by atoms with E-state index in [1.165, 1.54) is 10.7 Å². The van der Waals surface area contributed by atoms with Crippen LogP contribution in [0.2, 0.25) is 0 Å². The zero-order chi connectivity index (χ0) is 28.4. The minimum Gasteiger partial charge on any atom is -0.437 e. The number of nitro benzene ring substituents is 1. The third-order valence-electron chi connectivity index (χ3n) is 5.49. The second-order valence-corrected chi connectivity index (χ2v) is 11.7. The molecule has 0 aliphatic carbocycles. The van der Waals surface area contributed by atoms with Crippen molar-refractivity contribution in [3.63, 3.8) is 0 Å². The van der Waals surface area contributed by atoms with Gasteiger partial charge >= 0.3 is 0 Å². The van der Waals surface area contributed by atoms with Crippen molar-refractivity contribution in [2.24, 2.45) is 0 Å². The van der Waals surface area contributed by atoms with E-state index >= 15 is 0 Å². The number of carbonyl (C=O) groups excluding carboxylic acids is 1. The van der Waals surface area contributed by atoms with Crippen molar-refractivity contribution in [1.82, 2.24) is 19.8 Å². The van der Waals surface area contributed by atoms with Gasteiger partial charge in [-0.1, -0.05) is 19.1 Å². The van der Waals surface area contributed by atoms with Crippen LogP contribution >= 0.6 is 0 Å². The van der Waals surface area contributed by atoms with Gasteiger partial charge in [0.15, 0.2) is 5.69 Å². The van der Waals surface area contributed by atoms with Crippen molar-refractivity contribution in [2.75, 3.05) is 6.54 Å². The van der Waals surface area contributed by atoms with Gasteiger partial charge < -0.3 is 10.1 Å². The Hall–Kier alpha value is -3.77. The fourth-order valence-electron chi connectivity index (χ4n) is 3.72. The van der Waals surface area contributed by atoms with E-state index in [0.29, 0.717) is 17.8 Å². The summed E-state index contributed by atoms with van der Waals surface area (Å²) in [6.07, 6.45) is 0.733. The van der Waals surface area contributed by atoms with Crippen LogP contribution in [0.4, 0.5) is 5.69 Å². The predicted molar refractivity (Wildman–Crippen MR) is 144 cm³/mol. The first-order chi connectivity index (χ1) is 17.6. The van der Waals surface area contributed by atoms with Crippen LogP contribution in [-0.2, 0) is 10.0 Å². The molecule has 204 valence electrons. The van der Waals surface area contributed by atoms with Gasteiger partial charge in [-0.25, -0.2) is 13.1 Å². The molecule has 0 aliphatic heterocycles. The number of hydrogen-bond donors (Lipinski definition) is 2. The van der Waals surface area contributed by atoms with Gasteiger partial charge in [-0.15, -0.1) is 0 Å². The number of rotatable bonds is 9. The summed E-state index contributed by atoms with van der Waals surface area (Å²) in [6, 6.07) is 9.05. The number of aromatic nitrogens is 2. The number of carbonyl (C=O) groups is 1. The second-order valence-electron chi connectivity index (χ2n) is 10.1. The summed E-state index contributed by atoms with van der Waals surface area (Å²) in [5.41, 5.74) is 1.65. The third-order valence-corrected chi connectivity index (χ3v) is 7.27. The molecule has 0 aliphatic rings. The van der Waals surface area contributed by atoms with Crippen molar-refractivity contribution in [2.45, 2.75) is 65.3 Å². The lowest BCUT2D eigenvalue weighted by Gasteiger charge is -2.21. The molecule has 0 radical (unpaired) electrons. The molecule has 0 saturated heterocycles. The number of nitro groups is 1. The van der Waals surface area contributed by atoms with Crippen LogP contribution in [0.1, 0.15) is 61.3 Å². The van der Waals surface area contributed by atoms with Crippen molar-refractivity contribution < 1.29 is 22.9 Å². The summed E-state index contributed by atoms with van der Waals surface area (Å²) in [7, 11) is -4.24. The molecule has 3 aromatic rings. The SMILES string of the molecule is CCCNC(=O)c1nn(-c2cc(C)ccc2C)c(Oc2ccc([N+](=O)[O-])cc2S(=O)(=O)NC(C)(C)C)c1C. The van der Waals surface area contributed by atoms with Crippen molar-refractivity contribution in [1.29, 1.82) is 0 Å². The summed E-state index contributed by atoms with van der Waals surface area (Å²) in [6.45, 7) is 12.8. The average Bonchev–Trinajstić information content (AvgIpc) is 3.13. The van der Waals surface area contributed by atoms with E-state index in [4.69, 9.17) is 4.74 Å². The van der Waals surface area contributed by atoms with Gasteiger partial charge in [0.2, 0.25) is 15.9 Å². The third kappa shape index (κ3) is 6.37. The number of benzene rings is 2. The van der Waals surface area contributed by atoms with Gasteiger partial charge in [-0.05, 0) is 71.2 Å². The first-order valence-electron chi connectivity index (χ1n) is 12.1. The summed E-state index contributed by atoms with van der Waals surface area (Å²) < 4.78 is 36.7. The Bertz CT molecular complexity index is 1490. The number of non-ortho nitro benzene ring substituents is 1. The molecule has 0 unspecified atom stereocenters. The molecular weight excluding hydrogens is 510 g/mol. The molecule has 2 aromatic carbocycles. The van der Waals surface area contributed by atoms with Gasteiger partial charge in [-0.3, -0.25) is 14.9 Å². The first kappa shape index (κ1) is 28.8. The van der Waals surface area contributed by atoms with E-state index in [0.717, 1.165) is 29.7 Å². The van der Waals surface area contributed by atoms with Gasteiger partial charge in [0.1, 0.15) is 10.6 Å². The lowest BCUT2D eigenvalue weighted by atomic mass is 10.1. The smallest absolute Gasteiger partial charge is 0.272 e. The van der Waals surface area contributed by atoms with E-state index < -0.39 is 37.0 Å². The quantitative estimate of drug-likeness (QED) is 0.293. The molecule has 1 aromatic heterocycles. The molecule has 1 heterocycles. The van der Waals surface area contributed by atoms with Crippen LogP contribution in [0.3, 0.4) is 0 Å². The lowest BCUT2D eigenvalue weighted by Crippen LogP contribution is -2.40. The summed E-state index contributed by atoms with van der Waals surface area (Å²) >= 11 is 0. The highest BCUT2D eigenvalue weighted by atomic mass is 32.2. The maximum atomic E-state index is 13.3. The number of sulfonamides is 1. The molecule has 2 N–H and O–H groups in total. The number of ether oxygens (including phenoxy) is 1. The molecule has 0 spiro atoms. The highest BCUT2D eigenvalue weighted by Crippen LogP contribution is 2.36. The highest BCUT2D eigenvalue weighted by Gasteiger charge is 2.30. The van der Waals surface area contributed by atoms with Gasteiger partial charge in [0, 0.05) is 29.8 Å². The largest absolute Gasteiger partial charge is 0.437 e. The normalized spacial score (nSPS) is 11.9. The Morgan fingerprint density at radius 1 is 1.13 bits per heavy atom. The molecule has 38 heavy (non-hydrogen) atoms. The van der Waals surface area contributed by atoms with Crippen LogP contribution in [0, 0.1) is 30.9 Å². The standard InChI is InChI=1S/C26H33N5O6S/c1-8-13-27-24(32)23-18(4)25(30(28-23)20-14-16(2)9-10-17(20)3)37-21-12-11-19(31(33)34)15-22(21)38(35,36)29-26(5,6)7/h9-12,14-15,29H,8,13H2,1-7H3,(H,27,32). The number of amides is 1. The highest BCUT2D eigenvalue weighted by molar-refractivity contribution is 7.89. The minimum absolute atomic E-state index is 0.112. The molecule has 0 bridgehead atoms. The monoisotopic (exact) mass is 543 g/mol. The zero-order valence-corrected chi connectivity index (χ0v) is 23.4. The number of hydrogen-bond acceptors (Lipinski definition) is 7. The van der Waals surface area contributed by atoms with Crippen LogP contribution in [0.25, 0.3) is 5.69 Å². The van der Waals surface area contributed by atoms with Crippen LogP contribution in [-0.4, -0.2) is 41.1 Å². The summed E-state index contributed by atoms with van der Waals surface area (Å²) in [5.74, 6) is -0.437. The van der Waals surface area contributed by atoms with Crippen molar-refractivity contribution >= 4 is 21.6 Å². The second kappa shape index (κ2) is 10.9. The summed E-state index contributed by atoms with van der Waals surface area (Å²) in [5, 5.41) is 18.8. The molecule has 11 nitrogen and oxygen atoms in total. The van der Waals surface area contributed by atoms with E-state index in [1.807, 2.05) is 39.0 Å². The van der Waals surface area contributed by atoms with Crippen LogP contribution in [0.5, 0.6) is 11.6 Å². The van der Waals surface area contributed by atoms with E-state index in [-0.39, 0.29) is 17.3 Å². The Balaban J connectivity index is 2.26. The Labute approximate surface area is 222 Å². The maximum Gasteiger partial charge on any atom is 0.272 e.